The Morgan fingerprint density at radius 3 is 2.72 bits per heavy atom. The number of hydrogen-bond donors (Lipinski definition) is 0. The Hall–Kier alpha value is -1.68. The van der Waals surface area contributed by atoms with Gasteiger partial charge in [0.15, 0.2) is 0 Å². The number of benzene rings is 1. The van der Waals surface area contributed by atoms with E-state index in [2.05, 4.69) is 0 Å². The van der Waals surface area contributed by atoms with E-state index < -0.39 is 17.5 Å². The summed E-state index contributed by atoms with van der Waals surface area (Å²) < 4.78 is 13.3. The van der Waals surface area contributed by atoms with Crippen LogP contribution < -0.4 is 4.90 Å². The van der Waals surface area contributed by atoms with Gasteiger partial charge in [0.25, 0.3) is 11.7 Å². The normalized spacial score (nSPS) is 15.3. The second-order valence-electron chi connectivity index (χ2n) is 4.29. The molecule has 0 unspecified atom stereocenters. The third-order valence-electron chi connectivity index (χ3n) is 2.81. The predicted octanol–water partition coefficient (Wildman–Crippen LogP) is 2.81. The van der Waals surface area contributed by atoms with Crippen LogP contribution in [0.1, 0.15) is 22.8 Å². The van der Waals surface area contributed by atoms with Crippen LogP contribution in [0.2, 0.25) is 0 Å². The number of anilines is 1. The lowest BCUT2D eigenvalue weighted by atomic mass is 10.1. The molecule has 0 spiro atoms. The molecular weight excluding hydrogens is 257 g/mol. The van der Waals surface area contributed by atoms with Gasteiger partial charge in [0.05, 0.1) is 11.3 Å². The van der Waals surface area contributed by atoms with Gasteiger partial charge in [0.2, 0.25) is 0 Å². The number of amides is 1. The van der Waals surface area contributed by atoms with Crippen LogP contribution in [-0.2, 0) is 4.79 Å². The summed E-state index contributed by atoms with van der Waals surface area (Å²) in [5.41, 5.74) is 3.26. The SMILES string of the molecule is C/C(=C/Cl)CN1C(=O)C(=O)c2cc(F)cc(C)c21. The number of fused-ring (bicyclic) bond motifs is 1. The zero-order valence-electron chi connectivity index (χ0n) is 9.96. The molecule has 0 aliphatic carbocycles. The summed E-state index contributed by atoms with van der Waals surface area (Å²) in [5, 5.41) is 0. The molecule has 0 atom stereocenters. The zero-order valence-corrected chi connectivity index (χ0v) is 10.7. The highest BCUT2D eigenvalue weighted by molar-refractivity contribution is 6.52. The van der Waals surface area contributed by atoms with Crippen molar-refractivity contribution in [2.24, 2.45) is 0 Å². The summed E-state index contributed by atoms with van der Waals surface area (Å²) in [4.78, 5) is 25.0. The van der Waals surface area contributed by atoms with Gasteiger partial charge in [-0.3, -0.25) is 9.59 Å². The number of rotatable bonds is 2. The molecule has 0 bridgehead atoms. The van der Waals surface area contributed by atoms with Crippen LogP contribution in [0.5, 0.6) is 0 Å². The summed E-state index contributed by atoms with van der Waals surface area (Å²) in [6, 6.07) is 2.40. The first-order valence-corrected chi connectivity index (χ1v) is 5.81. The van der Waals surface area contributed by atoms with Crippen LogP contribution in [0.15, 0.2) is 23.2 Å². The molecule has 18 heavy (non-hydrogen) atoms. The number of halogens is 2. The number of Topliss-reactive ketones (excluding diaryl/α,β-unsaturated/α-hetero) is 1. The van der Waals surface area contributed by atoms with Gasteiger partial charge in [0, 0.05) is 12.1 Å². The predicted molar refractivity (Wildman–Crippen MR) is 67.4 cm³/mol. The van der Waals surface area contributed by atoms with Crippen molar-refractivity contribution in [2.75, 3.05) is 11.4 Å². The second-order valence-corrected chi connectivity index (χ2v) is 4.51. The third-order valence-corrected chi connectivity index (χ3v) is 3.19. The number of nitrogens with zero attached hydrogens (tertiary/aromatic N) is 1. The van der Waals surface area contributed by atoms with Gasteiger partial charge in [-0.15, -0.1) is 0 Å². The van der Waals surface area contributed by atoms with Crippen molar-refractivity contribution in [3.63, 3.8) is 0 Å². The number of ketones is 1. The fourth-order valence-corrected chi connectivity index (χ4v) is 2.11. The standard InChI is InChI=1S/C13H11ClFNO2/c1-7(5-14)6-16-11-8(2)3-9(15)4-10(11)12(17)13(16)18/h3-5H,6H2,1-2H3/b7-5-. The van der Waals surface area contributed by atoms with E-state index in [0.29, 0.717) is 11.3 Å². The Balaban J connectivity index is 2.55. The Bertz CT molecular complexity index is 581. The summed E-state index contributed by atoms with van der Waals surface area (Å²) in [6.45, 7) is 3.65. The minimum atomic E-state index is -0.671. The van der Waals surface area contributed by atoms with E-state index in [1.807, 2.05) is 0 Å². The maximum atomic E-state index is 13.3. The average Bonchev–Trinajstić information content (AvgIpc) is 2.54. The largest absolute Gasteiger partial charge is 0.300 e. The van der Waals surface area contributed by atoms with E-state index >= 15 is 0 Å². The first-order valence-electron chi connectivity index (χ1n) is 5.38. The molecule has 1 aliphatic rings. The Kier molecular flexibility index (Phi) is 3.22. The minimum absolute atomic E-state index is 0.125. The first-order chi connectivity index (χ1) is 8.45. The number of carbonyl (C=O) groups excluding carboxylic acids is 2. The molecule has 0 saturated heterocycles. The number of carbonyl (C=O) groups is 2. The molecular formula is C13H11ClFNO2. The topological polar surface area (TPSA) is 37.4 Å². The van der Waals surface area contributed by atoms with Crippen molar-refractivity contribution in [2.45, 2.75) is 13.8 Å². The van der Waals surface area contributed by atoms with Crippen molar-refractivity contribution in [3.05, 3.63) is 40.2 Å². The molecule has 1 amide bonds. The second kappa shape index (κ2) is 4.53. The molecule has 0 fully saturated rings. The summed E-state index contributed by atoms with van der Waals surface area (Å²) in [6.07, 6.45) is 0. The summed E-state index contributed by atoms with van der Waals surface area (Å²) >= 11 is 5.56. The molecule has 5 heteroatoms. The zero-order chi connectivity index (χ0) is 13.4. The molecule has 0 saturated carbocycles. The molecule has 2 rings (SSSR count). The van der Waals surface area contributed by atoms with Crippen LogP contribution in [0.4, 0.5) is 10.1 Å². The monoisotopic (exact) mass is 267 g/mol. The van der Waals surface area contributed by atoms with Crippen LogP contribution in [-0.4, -0.2) is 18.2 Å². The summed E-state index contributed by atoms with van der Waals surface area (Å²) in [5.74, 6) is -1.83. The quantitative estimate of drug-likeness (QED) is 0.773. The van der Waals surface area contributed by atoms with E-state index in [4.69, 9.17) is 11.6 Å². The van der Waals surface area contributed by atoms with Gasteiger partial charge in [0.1, 0.15) is 5.82 Å². The van der Waals surface area contributed by atoms with Crippen LogP contribution in [0, 0.1) is 12.7 Å². The fraction of sp³-hybridized carbons (Fsp3) is 0.231. The molecule has 1 aliphatic heterocycles. The Morgan fingerprint density at radius 1 is 1.44 bits per heavy atom. The lowest BCUT2D eigenvalue weighted by Gasteiger charge is -2.18. The highest BCUT2D eigenvalue weighted by atomic mass is 35.5. The van der Waals surface area contributed by atoms with Gasteiger partial charge in [-0.1, -0.05) is 11.6 Å². The van der Waals surface area contributed by atoms with Crippen molar-refractivity contribution in [3.8, 4) is 0 Å². The van der Waals surface area contributed by atoms with E-state index in [1.165, 1.54) is 16.5 Å². The van der Waals surface area contributed by atoms with E-state index in [0.717, 1.165) is 11.6 Å². The van der Waals surface area contributed by atoms with E-state index in [1.54, 1.807) is 13.8 Å². The highest BCUT2D eigenvalue weighted by Crippen LogP contribution is 2.33. The van der Waals surface area contributed by atoms with Crippen LogP contribution >= 0.6 is 11.6 Å². The van der Waals surface area contributed by atoms with Crippen molar-refractivity contribution < 1.29 is 14.0 Å². The summed E-state index contributed by atoms with van der Waals surface area (Å²) in [7, 11) is 0. The maximum Gasteiger partial charge on any atom is 0.299 e. The third kappa shape index (κ3) is 1.93. The molecule has 0 radical (unpaired) electrons. The molecule has 3 nitrogen and oxygen atoms in total. The first kappa shape index (κ1) is 12.8. The van der Waals surface area contributed by atoms with Gasteiger partial charge >= 0.3 is 0 Å². The van der Waals surface area contributed by atoms with Gasteiger partial charge < -0.3 is 4.90 Å². The minimum Gasteiger partial charge on any atom is -0.300 e. The van der Waals surface area contributed by atoms with Gasteiger partial charge in [-0.05, 0) is 37.1 Å². The van der Waals surface area contributed by atoms with E-state index in [9.17, 15) is 14.0 Å². The Morgan fingerprint density at radius 2 is 2.11 bits per heavy atom. The number of hydrogen-bond acceptors (Lipinski definition) is 2. The van der Waals surface area contributed by atoms with E-state index in [-0.39, 0.29) is 12.1 Å². The molecule has 1 aromatic rings. The molecule has 1 aromatic carbocycles. The average molecular weight is 268 g/mol. The maximum absolute atomic E-state index is 13.3. The van der Waals surface area contributed by atoms with Crippen LogP contribution in [0.25, 0.3) is 0 Å². The molecule has 1 heterocycles. The smallest absolute Gasteiger partial charge is 0.299 e. The lowest BCUT2D eigenvalue weighted by molar-refractivity contribution is -0.114. The van der Waals surface area contributed by atoms with Crippen molar-refractivity contribution in [1.82, 2.24) is 0 Å². The van der Waals surface area contributed by atoms with Gasteiger partial charge in [-0.25, -0.2) is 4.39 Å². The molecule has 94 valence electrons. The van der Waals surface area contributed by atoms with Gasteiger partial charge in [-0.2, -0.15) is 0 Å². The fourth-order valence-electron chi connectivity index (χ4n) is 2.04. The molecule has 0 N–H and O–H groups in total. The van der Waals surface area contributed by atoms with Crippen LogP contribution in [0.3, 0.4) is 0 Å². The number of aryl methyl sites for hydroxylation is 1. The van der Waals surface area contributed by atoms with Crippen molar-refractivity contribution >= 4 is 29.0 Å². The van der Waals surface area contributed by atoms with Crippen molar-refractivity contribution in [1.29, 1.82) is 0 Å². The molecule has 0 aromatic heterocycles. The highest BCUT2D eigenvalue weighted by Gasteiger charge is 2.37. The lowest BCUT2D eigenvalue weighted by Crippen LogP contribution is -2.31. The Labute approximate surface area is 109 Å².